The fraction of sp³-hybridized carbons (Fsp3) is 0.176. The lowest BCUT2D eigenvalue weighted by molar-refractivity contribution is -0.139. The Kier molecular flexibility index (Phi) is 4.14. The first-order valence-electron chi connectivity index (χ1n) is 7.10. The zero-order valence-corrected chi connectivity index (χ0v) is 12.6. The predicted octanol–water partition coefficient (Wildman–Crippen LogP) is 2.56. The van der Waals surface area contributed by atoms with Gasteiger partial charge in [0.1, 0.15) is 5.75 Å². The fourth-order valence-electron chi connectivity index (χ4n) is 2.37. The molecule has 2 aromatic carbocycles. The Labute approximate surface area is 132 Å². The van der Waals surface area contributed by atoms with Crippen LogP contribution >= 0.6 is 0 Å². The molecule has 0 saturated heterocycles. The second-order valence-electron chi connectivity index (χ2n) is 5.01. The number of aromatic nitrogens is 2. The second kappa shape index (κ2) is 6.39. The van der Waals surface area contributed by atoms with Crippen LogP contribution in [-0.4, -0.2) is 34.6 Å². The largest absolute Gasteiger partial charge is 0.497 e. The number of carbonyl (C=O) groups is 1. The molecule has 0 aliphatic carbocycles. The third kappa shape index (κ3) is 3.26. The van der Waals surface area contributed by atoms with E-state index in [1.54, 1.807) is 17.9 Å². The fourth-order valence-corrected chi connectivity index (χ4v) is 2.37. The SMILES string of the molecule is COc1ccc2c(c1)c(OCC(=O)O)nn2Cc1ccccc1. The van der Waals surface area contributed by atoms with E-state index in [4.69, 9.17) is 14.6 Å². The van der Waals surface area contributed by atoms with Crippen LogP contribution in [0.2, 0.25) is 0 Å². The lowest BCUT2D eigenvalue weighted by atomic mass is 10.2. The van der Waals surface area contributed by atoms with Gasteiger partial charge in [-0.25, -0.2) is 4.79 Å². The van der Waals surface area contributed by atoms with Gasteiger partial charge in [-0.15, -0.1) is 5.10 Å². The Bertz CT molecular complexity index is 827. The molecular formula is C17H16N2O4. The molecule has 23 heavy (non-hydrogen) atoms. The number of fused-ring (bicyclic) bond motifs is 1. The van der Waals surface area contributed by atoms with Gasteiger partial charge in [0.2, 0.25) is 5.88 Å². The Hall–Kier alpha value is -3.02. The summed E-state index contributed by atoms with van der Waals surface area (Å²) in [7, 11) is 1.58. The number of carboxylic acid groups (broad SMARTS) is 1. The minimum Gasteiger partial charge on any atom is -0.497 e. The molecule has 118 valence electrons. The normalized spacial score (nSPS) is 10.7. The van der Waals surface area contributed by atoms with Crippen LogP contribution < -0.4 is 9.47 Å². The van der Waals surface area contributed by atoms with Crippen LogP contribution in [-0.2, 0) is 11.3 Å². The first-order valence-corrected chi connectivity index (χ1v) is 7.10. The number of nitrogens with zero attached hydrogens (tertiary/aromatic N) is 2. The van der Waals surface area contributed by atoms with Crippen molar-refractivity contribution in [2.24, 2.45) is 0 Å². The molecular weight excluding hydrogens is 296 g/mol. The minimum atomic E-state index is -1.04. The molecule has 6 heteroatoms. The predicted molar refractivity (Wildman–Crippen MR) is 85.0 cm³/mol. The monoisotopic (exact) mass is 312 g/mol. The maximum atomic E-state index is 10.7. The highest BCUT2D eigenvalue weighted by Crippen LogP contribution is 2.29. The molecule has 1 N–H and O–H groups in total. The molecule has 6 nitrogen and oxygen atoms in total. The van der Waals surface area contributed by atoms with Crippen LogP contribution in [0.15, 0.2) is 48.5 Å². The van der Waals surface area contributed by atoms with Crippen LogP contribution in [0.4, 0.5) is 0 Å². The number of aliphatic carboxylic acids is 1. The van der Waals surface area contributed by atoms with Crippen LogP contribution in [0.1, 0.15) is 5.56 Å². The molecule has 0 radical (unpaired) electrons. The maximum Gasteiger partial charge on any atom is 0.341 e. The van der Waals surface area contributed by atoms with E-state index < -0.39 is 12.6 Å². The molecule has 1 heterocycles. The number of ether oxygens (including phenoxy) is 2. The van der Waals surface area contributed by atoms with E-state index in [1.165, 1.54) is 0 Å². The van der Waals surface area contributed by atoms with Crippen molar-refractivity contribution in [2.45, 2.75) is 6.54 Å². The molecule has 0 bridgehead atoms. The van der Waals surface area contributed by atoms with Gasteiger partial charge in [0, 0.05) is 0 Å². The number of rotatable bonds is 6. The lowest BCUT2D eigenvalue weighted by Crippen LogP contribution is -2.10. The molecule has 0 fully saturated rings. The standard InChI is InChI=1S/C17H16N2O4/c1-22-13-7-8-15-14(9-13)17(23-11-16(20)21)18-19(15)10-12-5-3-2-4-6-12/h2-9H,10-11H2,1H3,(H,20,21). The summed E-state index contributed by atoms with van der Waals surface area (Å²) in [5, 5.41) is 13.9. The van der Waals surface area contributed by atoms with Gasteiger partial charge in [-0.2, -0.15) is 0 Å². The van der Waals surface area contributed by atoms with Gasteiger partial charge in [-0.05, 0) is 23.8 Å². The zero-order chi connectivity index (χ0) is 16.2. The molecule has 1 aromatic heterocycles. The van der Waals surface area contributed by atoms with E-state index in [-0.39, 0.29) is 5.88 Å². The van der Waals surface area contributed by atoms with Crippen molar-refractivity contribution >= 4 is 16.9 Å². The van der Waals surface area contributed by atoms with Crippen molar-refractivity contribution in [3.8, 4) is 11.6 Å². The molecule has 0 saturated carbocycles. The van der Waals surface area contributed by atoms with Crippen molar-refractivity contribution in [2.75, 3.05) is 13.7 Å². The number of benzene rings is 2. The Morgan fingerprint density at radius 3 is 2.70 bits per heavy atom. The summed E-state index contributed by atoms with van der Waals surface area (Å²) in [6, 6.07) is 15.4. The van der Waals surface area contributed by atoms with E-state index >= 15 is 0 Å². The lowest BCUT2D eigenvalue weighted by Gasteiger charge is -2.04. The van der Waals surface area contributed by atoms with Crippen molar-refractivity contribution in [3.63, 3.8) is 0 Å². The van der Waals surface area contributed by atoms with Crippen molar-refractivity contribution < 1.29 is 19.4 Å². The molecule has 3 aromatic rings. The first kappa shape index (κ1) is 14.9. The van der Waals surface area contributed by atoms with E-state index in [1.807, 2.05) is 42.5 Å². The second-order valence-corrected chi connectivity index (χ2v) is 5.01. The maximum absolute atomic E-state index is 10.7. The Balaban J connectivity index is 2.01. The summed E-state index contributed by atoms with van der Waals surface area (Å²) in [5.74, 6) is -0.0900. The minimum absolute atomic E-state index is 0.289. The highest BCUT2D eigenvalue weighted by molar-refractivity contribution is 5.86. The third-order valence-corrected chi connectivity index (χ3v) is 3.43. The van der Waals surface area contributed by atoms with Gasteiger partial charge in [0.15, 0.2) is 6.61 Å². The van der Waals surface area contributed by atoms with Crippen LogP contribution in [0.5, 0.6) is 11.6 Å². The summed E-state index contributed by atoms with van der Waals surface area (Å²) in [4.78, 5) is 10.7. The third-order valence-electron chi connectivity index (χ3n) is 3.43. The number of hydrogen-bond acceptors (Lipinski definition) is 4. The Morgan fingerprint density at radius 2 is 2.00 bits per heavy atom. The first-order chi connectivity index (χ1) is 11.2. The summed E-state index contributed by atoms with van der Waals surface area (Å²) in [6.45, 7) is 0.134. The summed E-state index contributed by atoms with van der Waals surface area (Å²) in [5.41, 5.74) is 1.95. The molecule has 3 rings (SSSR count). The summed E-state index contributed by atoms with van der Waals surface area (Å²) >= 11 is 0. The van der Waals surface area contributed by atoms with Crippen LogP contribution in [0.3, 0.4) is 0 Å². The van der Waals surface area contributed by atoms with E-state index in [2.05, 4.69) is 5.10 Å². The topological polar surface area (TPSA) is 73.6 Å². The highest BCUT2D eigenvalue weighted by Gasteiger charge is 2.14. The van der Waals surface area contributed by atoms with Crippen molar-refractivity contribution in [1.82, 2.24) is 9.78 Å². The molecule has 0 amide bonds. The van der Waals surface area contributed by atoms with Gasteiger partial charge in [-0.3, -0.25) is 4.68 Å². The Morgan fingerprint density at radius 1 is 1.22 bits per heavy atom. The molecule has 0 aliphatic heterocycles. The van der Waals surface area contributed by atoms with E-state index in [0.717, 1.165) is 16.5 Å². The van der Waals surface area contributed by atoms with Gasteiger partial charge in [-0.1, -0.05) is 30.3 Å². The van der Waals surface area contributed by atoms with Crippen LogP contribution in [0, 0.1) is 0 Å². The van der Waals surface area contributed by atoms with E-state index in [9.17, 15) is 4.79 Å². The number of hydrogen-bond donors (Lipinski definition) is 1. The smallest absolute Gasteiger partial charge is 0.341 e. The van der Waals surface area contributed by atoms with E-state index in [0.29, 0.717) is 12.3 Å². The molecule has 0 aliphatic rings. The number of methoxy groups -OCH3 is 1. The van der Waals surface area contributed by atoms with Crippen molar-refractivity contribution in [3.05, 3.63) is 54.1 Å². The van der Waals surface area contributed by atoms with Gasteiger partial charge < -0.3 is 14.6 Å². The average Bonchev–Trinajstić information content (AvgIpc) is 2.91. The van der Waals surface area contributed by atoms with Crippen molar-refractivity contribution in [1.29, 1.82) is 0 Å². The van der Waals surface area contributed by atoms with Crippen LogP contribution in [0.25, 0.3) is 10.9 Å². The van der Waals surface area contributed by atoms with Gasteiger partial charge in [0.05, 0.1) is 24.6 Å². The molecule has 0 atom stereocenters. The summed E-state index contributed by atoms with van der Waals surface area (Å²) in [6.07, 6.45) is 0. The number of carboxylic acids is 1. The van der Waals surface area contributed by atoms with Gasteiger partial charge >= 0.3 is 5.97 Å². The molecule has 0 spiro atoms. The highest BCUT2D eigenvalue weighted by atomic mass is 16.5. The molecule has 0 unspecified atom stereocenters. The van der Waals surface area contributed by atoms with Gasteiger partial charge in [0.25, 0.3) is 0 Å². The quantitative estimate of drug-likeness (QED) is 0.757. The zero-order valence-electron chi connectivity index (χ0n) is 12.6. The average molecular weight is 312 g/mol. The summed E-state index contributed by atoms with van der Waals surface area (Å²) < 4.78 is 12.3.